The van der Waals surface area contributed by atoms with Crippen molar-refractivity contribution in [2.75, 3.05) is 50.1 Å². The van der Waals surface area contributed by atoms with Gasteiger partial charge in [-0.05, 0) is 23.6 Å². The quantitative estimate of drug-likeness (QED) is 0.533. The highest BCUT2D eigenvalue weighted by Gasteiger charge is 2.23. The number of rotatable bonds is 6. The standard InChI is InChI=1S/C22H22ClN5O4S/c1-32-22(31)20-16(7-12-33-20)25-18(29)14-26-8-10-27(11-9-26)17-13-24-28(21(30)19(17)23)15-5-3-2-4-6-15/h2-7,12-13H,8-11,14H2,1H3,(H,25,29). The van der Waals surface area contributed by atoms with Crippen LogP contribution in [-0.2, 0) is 9.53 Å². The van der Waals surface area contributed by atoms with Crippen molar-refractivity contribution in [1.29, 1.82) is 0 Å². The molecule has 3 aromatic rings. The summed E-state index contributed by atoms with van der Waals surface area (Å²) in [6, 6.07) is 10.8. The lowest BCUT2D eigenvalue weighted by Crippen LogP contribution is -2.49. The van der Waals surface area contributed by atoms with E-state index >= 15 is 0 Å². The third-order valence-electron chi connectivity index (χ3n) is 5.29. The molecule has 172 valence electrons. The Morgan fingerprint density at radius 1 is 1.15 bits per heavy atom. The van der Waals surface area contributed by atoms with E-state index in [2.05, 4.69) is 10.4 Å². The number of esters is 1. The van der Waals surface area contributed by atoms with Crippen molar-refractivity contribution in [2.24, 2.45) is 0 Å². The summed E-state index contributed by atoms with van der Waals surface area (Å²) in [6.07, 6.45) is 1.60. The van der Waals surface area contributed by atoms with Crippen LogP contribution in [0.15, 0.2) is 52.8 Å². The molecule has 1 saturated heterocycles. The number of methoxy groups -OCH3 is 1. The van der Waals surface area contributed by atoms with E-state index in [1.165, 1.54) is 23.1 Å². The summed E-state index contributed by atoms with van der Waals surface area (Å²) in [7, 11) is 1.30. The van der Waals surface area contributed by atoms with Crippen molar-refractivity contribution < 1.29 is 14.3 Å². The molecule has 0 bridgehead atoms. The second-order valence-corrected chi connectivity index (χ2v) is 8.66. The molecule has 0 unspecified atom stereocenters. The number of nitrogens with zero attached hydrogens (tertiary/aromatic N) is 4. The zero-order chi connectivity index (χ0) is 23.4. The summed E-state index contributed by atoms with van der Waals surface area (Å²) >= 11 is 7.62. The van der Waals surface area contributed by atoms with Crippen LogP contribution in [-0.4, -0.2) is 66.4 Å². The summed E-state index contributed by atoms with van der Waals surface area (Å²) in [6.45, 7) is 2.59. The number of hydrogen-bond donors (Lipinski definition) is 1. The Kier molecular flexibility index (Phi) is 7.07. The van der Waals surface area contributed by atoms with Gasteiger partial charge in [-0.2, -0.15) is 9.78 Å². The first-order chi connectivity index (χ1) is 16.0. The largest absolute Gasteiger partial charge is 0.465 e. The molecule has 1 N–H and O–H groups in total. The topological polar surface area (TPSA) is 96.8 Å². The Bertz CT molecular complexity index is 1200. The van der Waals surface area contributed by atoms with Crippen molar-refractivity contribution in [1.82, 2.24) is 14.7 Å². The number of halogens is 1. The fourth-order valence-electron chi connectivity index (χ4n) is 3.60. The minimum absolute atomic E-state index is 0.118. The molecule has 1 aliphatic rings. The van der Waals surface area contributed by atoms with Crippen LogP contribution in [0.4, 0.5) is 11.4 Å². The van der Waals surface area contributed by atoms with Crippen LogP contribution in [0.3, 0.4) is 0 Å². The van der Waals surface area contributed by atoms with E-state index in [0.717, 1.165) is 0 Å². The zero-order valence-electron chi connectivity index (χ0n) is 17.9. The van der Waals surface area contributed by atoms with Gasteiger partial charge in [-0.1, -0.05) is 29.8 Å². The van der Waals surface area contributed by atoms with Crippen molar-refractivity contribution in [3.63, 3.8) is 0 Å². The molecule has 11 heteroatoms. The van der Waals surface area contributed by atoms with E-state index in [1.807, 2.05) is 28.0 Å². The SMILES string of the molecule is COC(=O)c1sccc1NC(=O)CN1CCN(c2cnn(-c3ccccc3)c(=O)c2Cl)CC1. The first kappa shape index (κ1) is 23.0. The predicted molar refractivity (Wildman–Crippen MR) is 128 cm³/mol. The predicted octanol–water partition coefficient (Wildman–Crippen LogP) is 2.49. The molecule has 0 radical (unpaired) electrons. The smallest absolute Gasteiger partial charge is 0.350 e. The maximum Gasteiger partial charge on any atom is 0.350 e. The van der Waals surface area contributed by atoms with Gasteiger partial charge < -0.3 is 15.0 Å². The third-order valence-corrected chi connectivity index (χ3v) is 6.54. The van der Waals surface area contributed by atoms with E-state index in [-0.39, 0.29) is 23.0 Å². The maximum atomic E-state index is 12.7. The Morgan fingerprint density at radius 2 is 1.88 bits per heavy atom. The number of piperazine rings is 1. The summed E-state index contributed by atoms with van der Waals surface area (Å²) in [5.74, 6) is -0.689. The van der Waals surface area contributed by atoms with Crippen LogP contribution in [0.5, 0.6) is 0 Å². The van der Waals surface area contributed by atoms with Crippen molar-refractivity contribution in [2.45, 2.75) is 0 Å². The highest BCUT2D eigenvalue weighted by atomic mass is 35.5. The number of thiophene rings is 1. The van der Waals surface area contributed by atoms with Gasteiger partial charge in [-0.25, -0.2) is 4.79 Å². The Morgan fingerprint density at radius 3 is 2.58 bits per heavy atom. The fourth-order valence-corrected chi connectivity index (χ4v) is 4.61. The van der Waals surface area contributed by atoms with Gasteiger partial charge in [0.1, 0.15) is 9.90 Å². The van der Waals surface area contributed by atoms with Gasteiger partial charge in [-0.3, -0.25) is 14.5 Å². The fraction of sp³-hybridized carbons (Fsp3) is 0.273. The molecule has 9 nitrogen and oxygen atoms in total. The second kappa shape index (κ2) is 10.2. The van der Waals surface area contributed by atoms with Gasteiger partial charge in [0.25, 0.3) is 5.56 Å². The van der Waals surface area contributed by atoms with E-state index in [0.29, 0.717) is 48.1 Å². The van der Waals surface area contributed by atoms with Gasteiger partial charge in [-0.15, -0.1) is 11.3 Å². The zero-order valence-corrected chi connectivity index (χ0v) is 19.4. The van der Waals surface area contributed by atoms with Crippen LogP contribution < -0.4 is 15.8 Å². The van der Waals surface area contributed by atoms with Crippen molar-refractivity contribution in [3.8, 4) is 5.69 Å². The summed E-state index contributed by atoms with van der Waals surface area (Å²) in [4.78, 5) is 41.3. The number of amides is 1. The minimum Gasteiger partial charge on any atom is -0.465 e. The van der Waals surface area contributed by atoms with Crippen LogP contribution in [0.2, 0.25) is 5.02 Å². The van der Waals surface area contributed by atoms with Gasteiger partial charge in [0, 0.05) is 26.2 Å². The Balaban J connectivity index is 1.36. The minimum atomic E-state index is -0.478. The number of ether oxygens (including phenoxy) is 1. The molecule has 4 rings (SSSR count). The van der Waals surface area contributed by atoms with E-state index in [1.54, 1.807) is 29.8 Å². The summed E-state index contributed by atoms with van der Waals surface area (Å²) < 4.78 is 6.01. The average molecular weight is 488 g/mol. The molecule has 0 spiro atoms. The summed E-state index contributed by atoms with van der Waals surface area (Å²) in [5, 5.41) is 8.91. The molecule has 1 amide bonds. The monoisotopic (exact) mass is 487 g/mol. The lowest BCUT2D eigenvalue weighted by molar-refractivity contribution is -0.117. The van der Waals surface area contributed by atoms with Crippen molar-refractivity contribution >= 4 is 46.2 Å². The molecule has 1 aliphatic heterocycles. The first-order valence-electron chi connectivity index (χ1n) is 10.2. The van der Waals surface area contributed by atoms with Crippen molar-refractivity contribution in [3.05, 3.63) is 68.2 Å². The lowest BCUT2D eigenvalue weighted by atomic mass is 10.2. The van der Waals surface area contributed by atoms with E-state index < -0.39 is 5.97 Å². The van der Waals surface area contributed by atoms with E-state index in [4.69, 9.17) is 16.3 Å². The number of para-hydroxylation sites is 1. The second-order valence-electron chi connectivity index (χ2n) is 7.36. The molecule has 1 aromatic carbocycles. The average Bonchev–Trinajstić information content (AvgIpc) is 3.29. The molecule has 0 saturated carbocycles. The molecule has 1 fully saturated rings. The molecule has 0 atom stereocenters. The molecule has 3 heterocycles. The maximum absolute atomic E-state index is 12.7. The normalized spacial score (nSPS) is 14.2. The summed E-state index contributed by atoms with van der Waals surface area (Å²) in [5.41, 5.74) is 1.30. The number of aromatic nitrogens is 2. The number of nitrogens with one attached hydrogen (secondary N) is 1. The number of carbonyl (C=O) groups is 2. The third kappa shape index (κ3) is 5.08. The highest BCUT2D eigenvalue weighted by molar-refractivity contribution is 7.12. The number of anilines is 2. The van der Waals surface area contributed by atoms with Gasteiger partial charge in [0.15, 0.2) is 0 Å². The van der Waals surface area contributed by atoms with Gasteiger partial charge >= 0.3 is 5.97 Å². The highest BCUT2D eigenvalue weighted by Crippen LogP contribution is 2.24. The van der Waals surface area contributed by atoms with Gasteiger partial charge in [0.05, 0.1) is 36.9 Å². The number of hydrogen-bond acceptors (Lipinski definition) is 8. The van der Waals surface area contributed by atoms with Gasteiger partial charge in [0.2, 0.25) is 5.91 Å². The number of benzene rings is 1. The molecule has 0 aliphatic carbocycles. The van der Waals surface area contributed by atoms with E-state index in [9.17, 15) is 14.4 Å². The molecule has 33 heavy (non-hydrogen) atoms. The first-order valence-corrected chi connectivity index (χ1v) is 11.5. The van der Waals surface area contributed by atoms with Crippen LogP contribution in [0, 0.1) is 0 Å². The lowest BCUT2D eigenvalue weighted by Gasteiger charge is -2.35. The molecular formula is C22H22ClN5O4S. The van der Waals surface area contributed by atoms with Crippen LogP contribution >= 0.6 is 22.9 Å². The molecule has 2 aromatic heterocycles. The molecular weight excluding hydrogens is 466 g/mol. The Hall–Kier alpha value is -3.21. The van der Waals surface area contributed by atoms with Crippen LogP contribution in [0.25, 0.3) is 5.69 Å². The van der Waals surface area contributed by atoms with Crippen LogP contribution in [0.1, 0.15) is 9.67 Å². The number of carbonyl (C=O) groups excluding carboxylic acids is 2. The Labute approximate surface area is 199 Å².